The van der Waals surface area contributed by atoms with Crippen LogP contribution in [0.4, 0.5) is 22.0 Å². The van der Waals surface area contributed by atoms with Gasteiger partial charge in [0.1, 0.15) is 29.1 Å². The van der Waals surface area contributed by atoms with Crippen molar-refractivity contribution in [2.75, 3.05) is 30.4 Å². The molecule has 3 aromatic heterocycles. The maximum atomic E-state index is 14.2. The second-order valence-corrected chi connectivity index (χ2v) is 7.57. The van der Waals surface area contributed by atoms with E-state index in [0.717, 1.165) is 16.9 Å². The van der Waals surface area contributed by atoms with E-state index in [-0.39, 0.29) is 12.6 Å². The van der Waals surface area contributed by atoms with Crippen molar-refractivity contribution in [3.8, 4) is 0 Å². The third-order valence-electron chi connectivity index (χ3n) is 5.23. The Morgan fingerprint density at radius 2 is 2.07 bits per heavy atom. The minimum atomic E-state index is -1.06. The number of nitrogens with one attached hydrogen (secondary N) is 1. The minimum Gasteiger partial charge on any atom is -0.378 e. The first-order chi connectivity index (χ1) is 14.0. The number of ether oxygens (including phenoxy) is 1. The first-order valence-corrected chi connectivity index (χ1v) is 9.82. The molecule has 1 aliphatic rings. The van der Waals surface area contributed by atoms with E-state index in [0.29, 0.717) is 36.6 Å². The van der Waals surface area contributed by atoms with Gasteiger partial charge in [-0.2, -0.15) is 4.98 Å². The molecule has 0 radical (unpaired) electrons. The molecule has 1 saturated heterocycles. The highest BCUT2D eigenvalue weighted by Crippen LogP contribution is 2.25. The molecule has 0 amide bonds. The number of rotatable bonds is 5. The first-order valence-electron chi connectivity index (χ1n) is 9.82. The van der Waals surface area contributed by atoms with Crippen LogP contribution in [0.25, 0.3) is 11.0 Å². The smallest absolute Gasteiger partial charge is 0.227 e. The quantitative estimate of drug-likeness (QED) is 0.704. The molecule has 0 aromatic carbocycles. The molecule has 9 heteroatoms. The summed E-state index contributed by atoms with van der Waals surface area (Å²) in [7, 11) is 1.55. The lowest BCUT2D eigenvalue weighted by atomic mass is 10.1. The summed E-state index contributed by atoms with van der Waals surface area (Å²) in [6.07, 6.45) is 2.61. The van der Waals surface area contributed by atoms with Crippen molar-refractivity contribution in [1.29, 1.82) is 0 Å². The summed E-state index contributed by atoms with van der Waals surface area (Å²) in [6, 6.07) is 4.04. The molecule has 1 aliphatic heterocycles. The number of fused-ring (bicyclic) bond motifs is 1. The fourth-order valence-corrected chi connectivity index (χ4v) is 3.87. The molecule has 3 aromatic rings. The molecule has 0 saturated carbocycles. The molecule has 1 N–H and O–H groups in total. The largest absolute Gasteiger partial charge is 0.378 e. The summed E-state index contributed by atoms with van der Waals surface area (Å²) in [5.74, 6) is 2.73. The second-order valence-electron chi connectivity index (χ2n) is 7.57. The third kappa shape index (κ3) is 3.87. The Morgan fingerprint density at radius 3 is 2.79 bits per heavy atom. The zero-order chi connectivity index (χ0) is 20.5. The molecule has 4 rings (SSSR count). The van der Waals surface area contributed by atoms with Crippen molar-refractivity contribution in [2.24, 2.45) is 0 Å². The number of hydrogen-bond acceptors (Lipinski definition) is 7. The monoisotopic (exact) mass is 399 g/mol. The van der Waals surface area contributed by atoms with E-state index in [2.05, 4.69) is 43.7 Å². The van der Waals surface area contributed by atoms with Gasteiger partial charge in [-0.15, -0.1) is 0 Å². The van der Waals surface area contributed by atoms with E-state index in [4.69, 9.17) is 4.74 Å². The van der Waals surface area contributed by atoms with Gasteiger partial charge in [0.2, 0.25) is 5.95 Å². The molecular formula is C20H26FN7O. The number of piperidine rings is 1. The molecule has 29 heavy (non-hydrogen) atoms. The van der Waals surface area contributed by atoms with Gasteiger partial charge in [-0.05, 0) is 33.3 Å². The number of aryl methyl sites for hydroxylation is 1. The molecule has 1 fully saturated rings. The molecule has 8 nitrogen and oxygen atoms in total. The van der Waals surface area contributed by atoms with Crippen molar-refractivity contribution in [1.82, 2.24) is 24.5 Å². The predicted molar refractivity (Wildman–Crippen MR) is 110 cm³/mol. The standard InChI is InChI=1S/C20H26FN7O/c1-12(2)28-13(3)24-15-10-23-19(9-16(15)28)25-18-5-7-22-20(26-18)27-8-6-17(29-4)14(21)11-27/h5,7,9-10,12,14,17H,6,8,11H2,1-4H3,(H,22,23,25,26). The summed E-state index contributed by atoms with van der Waals surface area (Å²) in [5.41, 5.74) is 1.88. The van der Waals surface area contributed by atoms with E-state index >= 15 is 0 Å². The molecule has 4 heterocycles. The zero-order valence-corrected chi connectivity index (χ0v) is 17.1. The number of halogens is 1. The summed E-state index contributed by atoms with van der Waals surface area (Å²) in [6.45, 7) is 7.12. The van der Waals surface area contributed by atoms with Crippen LogP contribution in [0.15, 0.2) is 24.5 Å². The highest BCUT2D eigenvalue weighted by atomic mass is 19.1. The van der Waals surface area contributed by atoms with Gasteiger partial charge in [-0.1, -0.05) is 0 Å². The Morgan fingerprint density at radius 1 is 1.24 bits per heavy atom. The summed E-state index contributed by atoms with van der Waals surface area (Å²) >= 11 is 0. The lowest BCUT2D eigenvalue weighted by Gasteiger charge is -2.33. The number of pyridine rings is 1. The Hall–Kier alpha value is -2.81. The van der Waals surface area contributed by atoms with E-state index in [1.54, 1.807) is 25.6 Å². The number of aromatic nitrogens is 5. The van der Waals surface area contributed by atoms with Gasteiger partial charge in [0.25, 0.3) is 0 Å². The van der Waals surface area contributed by atoms with Gasteiger partial charge in [0.15, 0.2) is 0 Å². The van der Waals surface area contributed by atoms with Gasteiger partial charge in [-0.3, -0.25) is 0 Å². The molecule has 0 aliphatic carbocycles. The highest BCUT2D eigenvalue weighted by Gasteiger charge is 2.30. The molecule has 0 bridgehead atoms. The molecule has 2 atom stereocenters. The van der Waals surface area contributed by atoms with Crippen LogP contribution in [0.5, 0.6) is 0 Å². The number of methoxy groups -OCH3 is 1. The van der Waals surface area contributed by atoms with E-state index in [9.17, 15) is 4.39 Å². The van der Waals surface area contributed by atoms with E-state index in [1.807, 2.05) is 17.9 Å². The van der Waals surface area contributed by atoms with E-state index in [1.165, 1.54) is 0 Å². The molecule has 2 unspecified atom stereocenters. The first kappa shape index (κ1) is 19.5. The second kappa shape index (κ2) is 7.90. The number of alkyl halides is 1. The Kier molecular flexibility index (Phi) is 5.31. The van der Waals surface area contributed by atoms with Gasteiger partial charge in [0, 0.05) is 32.0 Å². The van der Waals surface area contributed by atoms with Crippen molar-refractivity contribution in [3.63, 3.8) is 0 Å². The van der Waals surface area contributed by atoms with Crippen molar-refractivity contribution >= 4 is 28.6 Å². The molecular weight excluding hydrogens is 373 g/mol. The van der Waals surface area contributed by atoms with Crippen molar-refractivity contribution < 1.29 is 9.13 Å². The number of nitrogens with zero attached hydrogens (tertiary/aromatic N) is 6. The van der Waals surface area contributed by atoms with Crippen molar-refractivity contribution in [3.05, 3.63) is 30.4 Å². The molecule has 154 valence electrons. The van der Waals surface area contributed by atoms with Gasteiger partial charge >= 0.3 is 0 Å². The van der Waals surface area contributed by atoms with Crippen molar-refractivity contribution in [2.45, 2.75) is 45.5 Å². The highest BCUT2D eigenvalue weighted by molar-refractivity contribution is 5.79. The zero-order valence-electron chi connectivity index (χ0n) is 17.1. The molecule has 0 spiro atoms. The lowest BCUT2D eigenvalue weighted by Crippen LogP contribution is -2.46. The van der Waals surface area contributed by atoms with Crippen LogP contribution in [0.1, 0.15) is 32.1 Å². The minimum absolute atomic E-state index is 0.221. The number of anilines is 3. The Balaban J connectivity index is 1.56. The Labute approximate surface area is 169 Å². The maximum absolute atomic E-state index is 14.2. The maximum Gasteiger partial charge on any atom is 0.227 e. The van der Waals surface area contributed by atoms with Gasteiger partial charge in [0.05, 0.1) is 24.4 Å². The van der Waals surface area contributed by atoms with Crippen LogP contribution < -0.4 is 10.2 Å². The van der Waals surface area contributed by atoms with Crippen LogP contribution in [0, 0.1) is 6.92 Å². The van der Waals surface area contributed by atoms with Gasteiger partial charge in [-0.25, -0.2) is 19.3 Å². The number of imidazole rings is 1. The summed E-state index contributed by atoms with van der Waals surface area (Å²) in [4.78, 5) is 19.7. The number of hydrogen-bond donors (Lipinski definition) is 1. The normalized spacial score (nSPS) is 19.9. The fraction of sp³-hybridized carbons (Fsp3) is 0.500. The van der Waals surface area contributed by atoms with Crippen LogP contribution >= 0.6 is 0 Å². The van der Waals surface area contributed by atoms with Crippen LogP contribution in [-0.2, 0) is 4.74 Å². The van der Waals surface area contributed by atoms with Crippen LogP contribution in [-0.4, -0.2) is 57.0 Å². The lowest BCUT2D eigenvalue weighted by molar-refractivity contribution is 0.0194. The summed E-state index contributed by atoms with van der Waals surface area (Å²) in [5, 5.41) is 3.23. The topological polar surface area (TPSA) is 81.0 Å². The van der Waals surface area contributed by atoms with Crippen LogP contribution in [0.3, 0.4) is 0 Å². The van der Waals surface area contributed by atoms with Crippen LogP contribution in [0.2, 0.25) is 0 Å². The average molecular weight is 399 g/mol. The average Bonchev–Trinajstić information content (AvgIpc) is 3.03. The Bertz CT molecular complexity index is 1010. The predicted octanol–water partition coefficient (Wildman–Crippen LogP) is 3.42. The SMILES string of the molecule is COC1CCN(c2nccc(Nc3cc4c(cn3)nc(C)n4C(C)C)n2)CC1F. The van der Waals surface area contributed by atoms with Gasteiger partial charge < -0.3 is 19.5 Å². The fourth-order valence-electron chi connectivity index (χ4n) is 3.87. The summed E-state index contributed by atoms with van der Waals surface area (Å²) < 4.78 is 21.6. The van der Waals surface area contributed by atoms with E-state index < -0.39 is 6.17 Å². The third-order valence-corrected chi connectivity index (χ3v) is 5.23.